The second kappa shape index (κ2) is 8.68. The molecule has 3 heterocycles. The molecule has 4 aromatic rings. The smallest absolute Gasteiger partial charge is 0.220 e. The van der Waals surface area contributed by atoms with Gasteiger partial charge in [0.15, 0.2) is 0 Å². The third-order valence-corrected chi connectivity index (χ3v) is 8.14. The first-order valence-corrected chi connectivity index (χ1v) is 12.2. The minimum Gasteiger partial charge on any atom is -0.468 e. The monoisotopic (exact) mass is 454 g/mol. The van der Waals surface area contributed by atoms with E-state index in [9.17, 15) is 13.5 Å². The molecule has 0 aliphatic carbocycles. The molecule has 1 aliphatic heterocycles. The van der Waals surface area contributed by atoms with Crippen LogP contribution in [0.15, 0.2) is 71.3 Å². The highest BCUT2D eigenvalue weighted by Crippen LogP contribution is 2.29. The van der Waals surface area contributed by atoms with Crippen LogP contribution in [0.5, 0.6) is 0 Å². The summed E-state index contributed by atoms with van der Waals surface area (Å²) < 4.78 is 35.4. The number of fused-ring (bicyclic) bond motifs is 3. The van der Waals surface area contributed by atoms with Gasteiger partial charge in [-0.15, -0.1) is 0 Å². The number of hydrogen-bond acceptors (Lipinski definition) is 6. The van der Waals surface area contributed by atoms with Gasteiger partial charge < -0.3 is 14.1 Å². The molecular weight excluding hydrogens is 428 g/mol. The fourth-order valence-electron chi connectivity index (χ4n) is 4.40. The van der Waals surface area contributed by atoms with Crippen molar-refractivity contribution in [1.82, 2.24) is 19.7 Å². The summed E-state index contributed by atoms with van der Waals surface area (Å²) in [6.45, 7) is 0.968. The molecule has 1 atom stereocenters. The zero-order valence-electron chi connectivity index (χ0n) is 17.5. The Bertz CT molecular complexity index is 1260. The van der Waals surface area contributed by atoms with Gasteiger partial charge in [0.1, 0.15) is 11.0 Å². The van der Waals surface area contributed by atoms with Crippen molar-refractivity contribution < 1.29 is 17.9 Å². The minimum absolute atomic E-state index is 0.0274. The maximum atomic E-state index is 13.3. The first-order chi connectivity index (χ1) is 15.5. The van der Waals surface area contributed by atoms with E-state index in [4.69, 9.17) is 4.42 Å². The van der Waals surface area contributed by atoms with Crippen LogP contribution < -0.4 is 10.9 Å². The molecule has 1 fully saturated rings. The number of furan rings is 1. The van der Waals surface area contributed by atoms with Crippen molar-refractivity contribution in [1.29, 1.82) is 0 Å². The molecule has 168 valence electrons. The molecule has 0 spiro atoms. The van der Waals surface area contributed by atoms with E-state index in [-0.39, 0.29) is 19.6 Å². The Balaban J connectivity index is 1.44. The molecule has 0 bridgehead atoms. The molecule has 3 N–H and O–H groups in total. The number of aliphatic hydroxyl groups is 1. The van der Waals surface area contributed by atoms with Crippen LogP contribution in [0, 0.1) is 0 Å². The van der Waals surface area contributed by atoms with Gasteiger partial charge in [-0.05, 0) is 24.3 Å². The summed E-state index contributed by atoms with van der Waals surface area (Å²) in [6, 6.07) is 19.6. The van der Waals surface area contributed by atoms with Crippen molar-refractivity contribution in [3.8, 4) is 0 Å². The maximum Gasteiger partial charge on any atom is 0.220 e. The molecule has 9 heteroatoms. The molecule has 32 heavy (non-hydrogen) atoms. The van der Waals surface area contributed by atoms with E-state index in [1.807, 2.05) is 36.4 Å². The number of nitrogens with zero attached hydrogens (tertiary/aromatic N) is 2. The van der Waals surface area contributed by atoms with E-state index in [2.05, 4.69) is 27.6 Å². The quantitative estimate of drug-likeness (QED) is 0.377. The number of hydrogen-bond donors (Lipinski definition) is 3. The van der Waals surface area contributed by atoms with Gasteiger partial charge in [0.25, 0.3) is 0 Å². The molecule has 8 nitrogen and oxygen atoms in total. The molecule has 0 amide bonds. The van der Waals surface area contributed by atoms with E-state index in [0.29, 0.717) is 18.8 Å². The summed E-state index contributed by atoms with van der Waals surface area (Å²) in [6.07, 6.45) is 0.620. The number of nitrogens with one attached hydrogen (secondary N) is 2. The normalized spacial score (nSPS) is 16.4. The number of aliphatic hydroxyl groups excluding tert-OH is 1. The number of benzene rings is 2. The van der Waals surface area contributed by atoms with Crippen molar-refractivity contribution in [2.75, 3.05) is 19.6 Å². The lowest BCUT2D eigenvalue weighted by atomic mass is 10.2. The standard InChI is InChI=1S/C23H26N4O4S/c28-17(15-27-22-9-3-1-7-20(22)21-8-2-4-10-23(21)27)14-26(16-18-6-5-11-31-18)32(29,30)19-12-24-25-13-19/h1-11,17,19,24-25,28H,12-16H2. The Morgan fingerprint density at radius 3 is 2.22 bits per heavy atom. The zero-order valence-corrected chi connectivity index (χ0v) is 18.3. The molecular formula is C23H26N4O4S. The van der Waals surface area contributed by atoms with Crippen LogP contribution >= 0.6 is 0 Å². The third kappa shape index (κ3) is 3.94. The predicted molar refractivity (Wildman–Crippen MR) is 123 cm³/mol. The van der Waals surface area contributed by atoms with Crippen molar-refractivity contribution in [3.05, 3.63) is 72.7 Å². The number of hydrazine groups is 1. The van der Waals surface area contributed by atoms with E-state index in [1.165, 1.54) is 10.6 Å². The van der Waals surface area contributed by atoms with E-state index in [1.54, 1.807) is 12.1 Å². The van der Waals surface area contributed by atoms with Crippen molar-refractivity contribution >= 4 is 31.8 Å². The average Bonchev–Trinajstić information content (AvgIpc) is 3.56. The van der Waals surface area contributed by atoms with Crippen molar-refractivity contribution in [2.24, 2.45) is 0 Å². The highest BCUT2D eigenvalue weighted by atomic mass is 32.2. The highest BCUT2D eigenvalue weighted by Gasteiger charge is 2.35. The van der Waals surface area contributed by atoms with Gasteiger partial charge >= 0.3 is 0 Å². The van der Waals surface area contributed by atoms with Gasteiger partial charge in [0.05, 0.1) is 25.5 Å². The molecule has 1 aliphatic rings. The van der Waals surface area contributed by atoms with Gasteiger partial charge in [-0.2, -0.15) is 4.31 Å². The molecule has 0 radical (unpaired) electrons. The van der Waals surface area contributed by atoms with Crippen LogP contribution in [-0.2, 0) is 23.1 Å². The van der Waals surface area contributed by atoms with Gasteiger partial charge in [-0.25, -0.2) is 8.42 Å². The summed E-state index contributed by atoms with van der Waals surface area (Å²) in [5.74, 6) is 0.538. The first-order valence-electron chi connectivity index (χ1n) is 10.6. The van der Waals surface area contributed by atoms with E-state index in [0.717, 1.165) is 21.8 Å². The van der Waals surface area contributed by atoms with Crippen LogP contribution in [0.4, 0.5) is 0 Å². The van der Waals surface area contributed by atoms with Crippen molar-refractivity contribution in [2.45, 2.75) is 24.4 Å². The number of para-hydroxylation sites is 2. The lowest BCUT2D eigenvalue weighted by molar-refractivity contribution is 0.126. The van der Waals surface area contributed by atoms with Gasteiger partial charge in [-0.1, -0.05) is 36.4 Å². The summed E-state index contributed by atoms with van der Waals surface area (Å²) in [5, 5.41) is 12.7. The Hall–Kier alpha value is -2.69. The summed E-state index contributed by atoms with van der Waals surface area (Å²) >= 11 is 0. The largest absolute Gasteiger partial charge is 0.468 e. The molecule has 5 rings (SSSR count). The first kappa shape index (κ1) is 21.2. The second-order valence-corrected chi connectivity index (χ2v) is 10.3. The highest BCUT2D eigenvalue weighted by molar-refractivity contribution is 7.89. The Morgan fingerprint density at radius 2 is 1.62 bits per heavy atom. The average molecular weight is 455 g/mol. The van der Waals surface area contributed by atoms with Crippen LogP contribution in [0.1, 0.15) is 5.76 Å². The van der Waals surface area contributed by atoms with E-state index >= 15 is 0 Å². The molecule has 0 saturated carbocycles. The van der Waals surface area contributed by atoms with Crippen molar-refractivity contribution in [3.63, 3.8) is 0 Å². The summed E-state index contributed by atoms with van der Waals surface area (Å²) in [7, 11) is -3.66. The fraction of sp³-hybridized carbons (Fsp3) is 0.304. The van der Waals surface area contributed by atoms with Crippen LogP contribution in [0.2, 0.25) is 0 Å². The van der Waals surface area contributed by atoms with Crippen LogP contribution in [-0.4, -0.2) is 53.4 Å². The third-order valence-electron chi connectivity index (χ3n) is 5.97. The SMILES string of the molecule is O=S(=O)(C1CNNC1)N(Cc1ccco1)CC(O)Cn1c2ccccc2c2ccccc21. The summed E-state index contributed by atoms with van der Waals surface area (Å²) in [5.41, 5.74) is 7.78. The number of aromatic nitrogens is 1. The zero-order chi connectivity index (χ0) is 22.1. The summed E-state index contributed by atoms with van der Waals surface area (Å²) in [4.78, 5) is 0. The predicted octanol–water partition coefficient (Wildman–Crippen LogP) is 2.06. The van der Waals surface area contributed by atoms with Crippen LogP contribution in [0.25, 0.3) is 21.8 Å². The van der Waals surface area contributed by atoms with Gasteiger partial charge in [-0.3, -0.25) is 10.9 Å². The molecule has 2 aromatic heterocycles. The lowest BCUT2D eigenvalue weighted by Crippen LogP contribution is -2.44. The minimum atomic E-state index is -3.66. The fourth-order valence-corrected chi connectivity index (χ4v) is 6.10. The number of sulfonamides is 1. The van der Waals surface area contributed by atoms with Crippen LogP contribution in [0.3, 0.4) is 0 Å². The van der Waals surface area contributed by atoms with E-state index < -0.39 is 21.4 Å². The van der Waals surface area contributed by atoms with Gasteiger partial charge in [0.2, 0.25) is 10.0 Å². The topological polar surface area (TPSA) is 99.7 Å². The Kier molecular flexibility index (Phi) is 5.75. The molecule has 1 unspecified atom stereocenters. The lowest BCUT2D eigenvalue weighted by Gasteiger charge is -2.27. The van der Waals surface area contributed by atoms with Gasteiger partial charge in [0, 0.05) is 41.4 Å². The second-order valence-electron chi connectivity index (χ2n) is 8.10. The Morgan fingerprint density at radius 1 is 1.00 bits per heavy atom. The number of rotatable bonds is 8. The maximum absolute atomic E-state index is 13.3. The Labute approximate surface area is 186 Å². The molecule has 1 saturated heterocycles. The molecule has 2 aromatic carbocycles.